The lowest BCUT2D eigenvalue weighted by Gasteiger charge is -2.19. The van der Waals surface area contributed by atoms with E-state index in [0.29, 0.717) is 23.4 Å². The Balaban J connectivity index is 1.38. The minimum Gasteiger partial charge on any atom is -0.482 e. The fraction of sp³-hybridized carbons (Fsp3) is 0.286. The van der Waals surface area contributed by atoms with E-state index >= 15 is 0 Å². The SMILES string of the molecule is C[C@H](OC(=O)[C@H]1C[C@H]1c1ccc(F)cc1)C(=O)c1ccc2c(c1)NC(=O)CO2. The van der Waals surface area contributed by atoms with Gasteiger partial charge in [-0.1, -0.05) is 12.1 Å². The molecule has 6 nitrogen and oxygen atoms in total. The van der Waals surface area contributed by atoms with Crippen LogP contribution in [0.1, 0.15) is 35.2 Å². The smallest absolute Gasteiger partial charge is 0.310 e. The number of hydrogen-bond acceptors (Lipinski definition) is 5. The molecular formula is C21H18FNO5. The van der Waals surface area contributed by atoms with Crippen molar-refractivity contribution < 1.29 is 28.2 Å². The highest BCUT2D eigenvalue weighted by Crippen LogP contribution is 2.48. The molecule has 1 amide bonds. The summed E-state index contributed by atoms with van der Waals surface area (Å²) in [6.07, 6.45) is -0.339. The third-order valence-electron chi connectivity index (χ3n) is 4.95. The highest BCUT2D eigenvalue weighted by molar-refractivity contribution is 6.03. The summed E-state index contributed by atoms with van der Waals surface area (Å²) in [5, 5.41) is 2.64. The average Bonchev–Trinajstić information content (AvgIpc) is 3.48. The Morgan fingerprint density at radius 1 is 1.21 bits per heavy atom. The number of benzene rings is 2. The number of carbonyl (C=O) groups excluding carboxylic acids is 3. The van der Waals surface area contributed by atoms with E-state index in [2.05, 4.69) is 5.32 Å². The van der Waals surface area contributed by atoms with Gasteiger partial charge < -0.3 is 14.8 Å². The number of nitrogens with one attached hydrogen (secondary N) is 1. The van der Waals surface area contributed by atoms with E-state index in [0.717, 1.165) is 5.56 Å². The molecule has 0 aromatic heterocycles. The predicted octanol–water partition coefficient (Wildman–Crippen LogP) is 3.07. The van der Waals surface area contributed by atoms with Crippen molar-refractivity contribution in [2.75, 3.05) is 11.9 Å². The Hall–Kier alpha value is -3.22. The molecule has 3 atom stereocenters. The maximum Gasteiger partial charge on any atom is 0.310 e. The number of rotatable bonds is 5. The van der Waals surface area contributed by atoms with Gasteiger partial charge in [-0.05, 0) is 55.2 Å². The highest BCUT2D eigenvalue weighted by Gasteiger charge is 2.46. The maximum absolute atomic E-state index is 13.0. The first-order chi connectivity index (χ1) is 13.4. The normalized spacial score (nSPS) is 21.0. The van der Waals surface area contributed by atoms with E-state index in [1.807, 2.05) is 0 Å². The van der Waals surface area contributed by atoms with Crippen LogP contribution in [0.15, 0.2) is 42.5 Å². The van der Waals surface area contributed by atoms with Gasteiger partial charge in [0.15, 0.2) is 12.7 Å². The Kier molecular flexibility index (Phi) is 4.58. The van der Waals surface area contributed by atoms with Gasteiger partial charge >= 0.3 is 5.97 Å². The van der Waals surface area contributed by atoms with Gasteiger partial charge in [-0.15, -0.1) is 0 Å². The van der Waals surface area contributed by atoms with Crippen LogP contribution >= 0.6 is 0 Å². The molecule has 0 unspecified atom stereocenters. The van der Waals surface area contributed by atoms with Crippen LogP contribution in [0, 0.1) is 11.7 Å². The standard InChI is InChI=1S/C21H18FNO5/c1-11(20(25)13-4-7-18-17(8-13)23-19(24)10-27-18)28-21(26)16-9-15(16)12-2-5-14(22)6-3-12/h2-8,11,15-16H,9-10H2,1H3,(H,23,24)/t11-,15-,16-/m0/s1. The van der Waals surface area contributed by atoms with Crippen LogP contribution in [-0.4, -0.2) is 30.4 Å². The van der Waals surface area contributed by atoms with Gasteiger partial charge in [0, 0.05) is 5.56 Å². The summed E-state index contributed by atoms with van der Waals surface area (Å²) in [4.78, 5) is 36.4. The highest BCUT2D eigenvalue weighted by atomic mass is 19.1. The number of esters is 1. The molecule has 1 aliphatic carbocycles. The number of hydrogen-bond donors (Lipinski definition) is 1. The second-order valence-corrected chi connectivity index (χ2v) is 6.99. The molecule has 2 aromatic carbocycles. The third kappa shape index (κ3) is 3.60. The Morgan fingerprint density at radius 3 is 2.71 bits per heavy atom. The van der Waals surface area contributed by atoms with E-state index in [9.17, 15) is 18.8 Å². The van der Waals surface area contributed by atoms with Crippen LogP contribution in [0.25, 0.3) is 0 Å². The number of fused-ring (bicyclic) bond motifs is 1. The molecule has 1 saturated carbocycles. The Morgan fingerprint density at radius 2 is 1.96 bits per heavy atom. The topological polar surface area (TPSA) is 81.7 Å². The number of amides is 1. The predicted molar refractivity (Wildman–Crippen MR) is 97.7 cm³/mol. The second-order valence-electron chi connectivity index (χ2n) is 6.99. The van der Waals surface area contributed by atoms with Crippen molar-refractivity contribution >= 4 is 23.3 Å². The summed E-state index contributed by atoms with van der Waals surface area (Å²) in [6, 6.07) is 10.7. The molecule has 144 valence electrons. The lowest BCUT2D eigenvalue weighted by atomic mass is 10.1. The van der Waals surface area contributed by atoms with Crippen LogP contribution in [0.4, 0.5) is 10.1 Å². The Labute approximate surface area is 160 Å². The van der Waals surface area contributed by atoms with Crippen molar-refractivity contribution in [2.24, 2.45) is 5.92 Å². The minimum absolute atomic E-state index is 0.00786. The molecular weight excluding hydrogens is 365 g/mol. The van der Waals surface area contributed by atoms with Gasteiger partial charge in [0.1, 0.15) is 11.6 Å². The van der Waals surface area contributed by atoms with E-state index in [4.69, 9.17) is 9.47 Å². The zero-order valence-electron chi connectivity index (χ0n) is 15.1. The summed E-state index contributed by atoms with van der Waals surface area (Å²) in [7, 11) is 0. The van der Waals surface area contributed by atoms with Crippen molar-refractivity contribution in [1.29, 1.82) is 0 Å². The monoisotopic (exact) mass is 383 g/mol. The van der Waals surface area contributed by atoms with E-state index in [-0.39, 0.29) is 36.0 Å². The molecule has 1 aliphatic heterocycles. The van der Waals surface area contributed by atoms with Gasteiger partial charge in [-0.3, -0.25) is 14.4 Å². The summed E-state index contributed by atoms with van der Waals surface area (Å²) < 4.78 is 23.6. The van der Waals surface area contributed by atoms with E-state index in [1.54, 1.807) is 24.3 Å². The molecule has 0 spiro atoms. The molecule has 1 fully saturated rings. The molecule has 28 heavy (non-hydrogen) atoms. The molecule has 0 radical (unpaired) electrons. The first-order valence-corrected chi connectivity index (χ1v) is 8.99. The molecule has 1 heterocycles. The third-order valence-corrected chi connectivity index (χ3v) is 4.95. The maximum atomic E-state index is 13.0. The molecule has 0 saturated heterocycles. The van der Waals surface area contributed by atoms with Crippen molar-refractivity contribution in [1.82, 2.24) is 0 Å². The first-order valence-electron chi connectivity index (χ1n) is 8.99. The molecule has 2 aliphatic rings. The molecule has 1 N–H and O–H groups in total. The second kappa shape index (κ2) is 7.07. The molecule has 4 rings (SSSR count). The van der Waals surface area contributed by atoms with Crippen molar-refractivity contribution in [2.45, 2.75) is 25.4 Å². The first kappa shape index (κ1) is 18.2. The van der Waals surface area contributed by atoms with Crippen molar-refractivity contribution in [3.05, 3.63) is 59.4 Å². The number of halogens is 1. The summed E-state index contributed by atoms with van der Waals surface area (Å²) in [5.74, 6) is -1.27. The lowest BCUT2D eigenvalue weighted by Crippen LogP contribution is -2.27. The fourth-order valence-electron chi connectivity index (χ4n) is 3.32. The summed E-state index contributed by atoms with van der Waals surface area (Å²) >= 11 is 0. The van der Waals surface area contributed by atoms with Gasteiger partial charge in [-0.25, -0.2) is 4.39 Å². The zero-order valence-corrected chi connectivity index (χ0v) is 15.1. The fourth-order valence-corrected chi connectivity index (χ4v) is 3.32. The summed E-state index contributed by atoms with van der Waals surface area (Å²) in [5.41, 5.74) is 1.61. The van der Waals surface area contributed by atoms with Crippen LogP contribution in [-0.2, 0) is 14.3 Å². The van der Waals surface area contributed by atoms with Gasteiger partial charge in [0.25, 0.3) is 5.91 Å². The number of ketones is 1. The van der Waals surface area contributed by atoms with E-state index < -0.39 is 12.1 Å². The largest absolute Gasteiger partial charge is 0.482 e. The minimum atomic E-state index is -0.958. The van der Waals surface area contributed by atoms with Gasteiger partial charge in [-0.2, -0.15) is 0 Å². The molecule has 7 heteroatoms. The number of ether oxygens (including phenoxy) is 2. The van der Waals surface area contributed by atoms with Crippen LogP contribution < -0.4 is 10.1 Å². The zero-order chi connectivity index (χ0) is 19.8. The molecule has 0 bridgehead atoms. The number of anilines is 1. The average molecular weight is 383 g/mol. The quantitative estimate of drug-likeness (QED) is 0.634. The van der Waals surface area contributed by atoms with Gasteiger partial charge in [0.05, 0.1) is 11.6 Å². The number of Topliss-reactive ketones (excluding diaryl/α,β-unsaturated/α-hetero) is 1. The lowest BCUT2D eigenvalue weighted by molar-refractivity contribution is -0.148. The van der Waals surface area contributed by atoms with E-state index in [1.165, 1.54) is 25.1 Å². The van der Waals surface area contributed by atoms with Crippen LogP contribution in [0.3, 0.4) is 0 Å². The van der Waals surface area contributed by atoms with Gasteiger partial charge in [0.2, 0.25) is 5.78 Å². The van der Waals surface area contributed by atoms with Crippen molar-refractivity contribution in [3.63, 3.8) is 0 Å². The van der Waals surface area contributed by atoms with Crippen molar-refractivity contribution in [3.8, 4) is 5.75 Å². The van der Waals surface area contributed by atoms with Crippen LogP contribution in [0.5, 0.6) is 5.75 Å². The molecule has 2 aromatic rings. The number of carbonyl (C=O) groups is 3. The Bertz CT molecular complexity index is 956. The van der Waals surface area contributed by atoms with Crippen LogP contribution in [0.2, 0.25) is 0 Å². The summed E-state index contributed by atoms with van der Waals surface area (Å²) in [6.45, 7) is 1.45.